The lowest BCUT2D eigenvalue weighted by Crippen LogP contribution is -2.51. The van der Waals surface area contributed by atoms with Crippen LogP contribution in [-0.4, -0.2) is 23.7 Å². The van der Waals surface area contributed by atoms with Crippen molar-refractivity contribution >= 4 is 5.91 Å². The van der Waals surface area contributed by atoms with Gasteiger partial charge in [-0.1, -0.05) is 18.9 Å². The maximum Gasteiger partial charge on any atom is 0.230 e. The summed E-state index contributed by atoms with van der Waals surface area (Å²) < 4.78 is 27.2. The fraction of sp³-hybridized carbons (Fsp3) is 0.588. The molecule has 0 radical (unpaired) electrons. The Balaban J connectivity index is 1.73. The highest BCUT2D eigenvalue weighted by Gasteiger charge is 2.47. The fourth-order valence-electron chi connectivity index (χ4n) is 3.67. The molecule has 2 fully saturated rings. The van der Waals surface area contributed by atoms with Crippen LogP contribution < -0.4 is 5.32 Å². The molecule has 2 saturated carbocycles. The van der Waals surface area contributed by atoms with Crippen molar-refractivity contribution in [2.24, 2.45) is 5.92 Å². The Hall–Kier alpha value is -1.49. The average Bonchev–Trinajstić information content (AvgIpc) is 2.83. The van der Waals surface area contributed by atoms with Crippen molar-refractivity contribution in [2.75, 3.05) is 6.54 Å². The number of benzene rings is 1. The highest BCUT2D eigenvalue weighted by Crippen LogP contribution is 2.45. The molecule has 0 bridgehead atoms. The molecule has 2 aliphatic rings. The molecular formula is C17H21F2NO2. The van der Waals surface area contributed by atoms with Gasteiger partial charge in [0, 0.05) is 24.1 Å². The van der Waals surface area contributed by atoms with Crippen LogP contribution in [0.15, 0.2) is 18.2 Å². The van der Waals surface area contributed by atoms with Gasteiger partial charge in [-0.15, -0.1) is 0 Å². The van der Waals surface area contributed by atoms with E-state index in [1.807, 2.05) is 0 Å². The Morgan fingerprint density at radius 1 is 1.27 bits per heavy atom. The number of nitrogens with one attached hydrogen (secondary N) is 1. The van der Waals surface area contributed by atoms with Crippen LogP contribution in [-0.2, 0) is 10.2 Å². The molecule has 1 aromatic rings. The van der Waals surface area contributed by atoms with Crippen LogP contribution >= 0.6 is 0 Å². The zero-order valence-corrected chi connectivity index (χ0v) is 12.4. The zero-order valence-electron chi connectivity index (χ0n) is 12.4. The minimum absolute atomic E-state index is 0.0825. The predicted octanol–water partition coefficient (Wildman–Crippen LogP) is 2.66. The van der Waals surface area contributed by atoms with Crippen molar-refractivity contribution in [2.45, 2.75) is 50.0 Å². The molecule has 2 aliphatic carbocycles. The minimum atomic E-state index is -0.874. The molecule has 5 heteroatoms. The number of hydrogen-bond donors (Lipinski definition) is 2. The van der Waals surface area contributed by atoms with Crippen molar-refractivity contribution in [1.82, 2.24) is 5.32 Å². The lowest BCUT2D eigenvalue weighted by molar-refractivity contribution is -0.130. The van der Waals surface area contributed by atoms with Gasteiger partial charge in [0.15, 0.2) is 0 Å². The van der Waals surface area contributed by atoms with Crippen LogP contribution in [0.3, 0.4) is 0 Å². The van der Waals surface area contributed by atoms with E-state index in [-0.39, 0.29) is 23.5 Å². The topological polar surface area (TPSA) is 49.3 Å². The molecule has 2 N–H and O–H groups in total. The van der Waals surface area contributed by atoms with Crippen LogP contribution in [0.2, 0.25) is 0 Å². The van der Waals surface area contributed by atoms with E-state index in [0.29, 0.717) is 19.4 Å². The van der Waals surface area contributed by atoms with Crippen molar-refractivity contribution < 1.29 is 18.7 Å². The van der Waals surface area contributed by atoms with E-state index in [2.05, 4.69) is 5.32 Å². The predicted molar refractivity (Wildman–Crippen MR) is 78.2 cm³/mol. The molecule has 1 aromatic carbocycles. The molecule has 0 unspecified atom stereocenters. The second kappa shape index (κ2) is 5.95. The van der Waals surface area contributed by atoms with Crippen LogP contribution in [0.1, 0.15) is 44.1 Å². The standard InChI is InChI=1S/C17H21F2NO2/c18-12-5-6-13(14(19)9-12)17(7-2-8-17)16(22)20-10-11-3-1-4-15(11)21/h5-6,9,11,15,21H,1-4,7-8,10H2,(H,20,22)/t11-,15-/m1/s1. The normalized spacial score (nSPS) is 26.5. The van der Waals surface area contributed by atoms with Gasteiger partial charge in [0.1, 0.15) is 11.6 Å². The van der Waals surface area contributed by atoms with E-state index in [4.69, 9.17) is 0 Å². The van der Waals surface area contributed by atoms with E-state index in [0.717, 1.165) is 31.7 Å². The molecule has 2 atom stereocenters. The van der Waals surface area contributed by atoms with Crippen molar-refractivity contribution in [3.8, 4) is 0 Å². The Kier molecular flexibility index (Phi) is 4.17. The van der Waals surface area contributed by atoms with E-state index in [1.165, 1.54) is 12.1 Å². The second-order valence-corrected chi connectivity index (χ2v) is 6.53. The molecule has 120 valence electrons. The lowest BCUT2D eigenvalue weighted by atomic mass is 9.63. The smallest absolute Gasteiger partial charge is 0.230 e. The third-order valence-electron chi connectivity index (χ3n) is 5.23. The Morgan fingerprint density at radius 2 is 2.05 bits per heavy atom. The molecule has 0 saturated heterocycles. The first-order valence-electron chi connectivity index (χ1n) is 7.95. The summed E-state index contributed by atoms with van der Waals surface area (Å²) in [7, 11) is 0. The van der Waals surface area contributed by atoms with Crippen molar-refractivity contribution in [1.29, 1.82) is 0 Å². The average molecular weight is 309 g/mol. The largest absolute Gasteiger partial charge is 0.393 e. The van der Waals surface area contributed by atoms with E-state index in [9.17, 15) is 18.7 Å². The third-order valence-corrected chi connectivity index (χ3v) is 5.23. The van der Waals surface area contributed by atoms with Gasteiger partial charge in [-0.2, -0.15) is 0 Å². The molecule has 0 heterocycles. The summed E-state index contributed by atoms with van der Waals surface area (Å²) in [6, 6.07) is 3.42. The summed E-state index contributed by atoms with van der Waals surface area (Å²) in [4.78, 5) is 12.6. The first-order chi connectivity index (χ1) is 10.5. The van der Waals surface area contributed by atoms with Gasteiger partial charge in [-0.25, -0.2) is 8.78 Å². The van der Waals surface area contributed by atoms with Gasteiger partial charge in [-0.05, 0) is 31.7 Å². The van der Waals surface area contributed by atoms with E-state index in [1.54, 1.807) is 0 Å². The molecule has 0 aliphatic heterocycles. The quantitative estimate of drug-likeness (QED) is 0.898. The second-order valence-electron chi connectivity index (χ2n) is 6.53. The van der Waals surface area contributed by atoms with Gasteiger partial charge in [0.2, 0.25) is 5.91 Å². The lowest BCUT2D eigenvalue weighted by Gasteiger charge is -2.41. The summed E-state index contributed by atoms with van der Waals surface area (Å²) in [5.41, 5.74) is -0.592. The van der Waals surface area contributed by atoms with E-state index < -0.39 is 17.0 Å². The summed E-state index contributed by atoms with van der Waals surface area (Å²) >= 11 is 0. The summed E-state index contributed by atoms with van der Waals surface area (Å²) in [6.07, 6.45) is 4.30. The molecule has 22 heavy (non-hydrogen) atoms. The number of hydrogen-bond acceptors (Lipinski definition) is 2. The molecular weight excluding hydrogens is 288 g/mol. The number of amides is 1. The van der Waals surface area contributed by atoms with Gasteiger partial charge in [0.05, 0.1) is 11.5 Å². The molecule has 0 aromatic heterocycles. The van der Waals surface area contributed by atoms with Crippen LogP contribution in [0.25, 0.3) is 0 Å². The molecule has 3 rings (SSSR count). The maximum absolute atomic E-state index is 14.1. The number of aliphatic hydroxyl groups excluding tert-OH is 1. The zero-order chi connectivity index (χ0) is 15.7. The number of rotatable bonds is 4. The third kappa shape index (κ3) is 2.62. The number of carbonyl (C=O) groups is 1. The first kappa shape index (κ1) is 15.4. The Labute approximate surface area is 128 Å². The summed E-state index contributed by atoms with van der Waals surface area (Å²) in [5, 5.41) is 12.7. The van der Waals surface area contributed by atoms with Crippen LogP contribution in [0.4, 0.5) is 8.78 Å². The van der Waals surface area contributed by atoms with Crippen LogP contribution in [0, 0.1) is 17.6 Å². The molecule has 3 nitrogen and oxygen atoms in total. The monoisotopic (exact) mass is 309 g/mol. The van der Waals surface area contributed by atoms with Crippen LogP contribution in [0.5, 0.6) is 0 Å². The van der Waals surface area contributed by atoms with Crippen molar-refractivity contribution in [3.63, 3.8) is 0 Å². The highest BCUT2D eigenvalue weighted by molar-refractivity contribution is 5.89. The Morgan fingerprint density at radius 3 is 2.59 bits per heavy atom. The number of aliphatic hydroxyl groups is 1. The number of halogens is 2. The molecule has 0 spiro atoms. The van der Waals surface area contributed by atoms with Gasteiger partial charge in [-0.3, -0.25) is 4.79 Å². The van der Waals surface area contributed by atoms with Gasteiger partial charge < -0.3 is 10.4 Å². The van der Waals surface area contributed by atoms with Gasteiger partial charge in [0.25, 0.3) is 0 Å². The fourth-order valence-corrected chi connectivity index (χ4v) is 3.67. The summed E-state index contributed by atoms with van der Waals surface area (Å²) in [5.74, 6) is -1.41. The first-order valence-corrected chi connectivity index (χ1v) is 7.95. The maximum atomic E-state index is 14.1. The highest BCUT2D eigenvalue weighted by atomic mass is 19.1. The Bertz CT molecular complexity index is 572. The SMILES string of the molecule is O=C(NC[C@H]1CCC[C@H]1O)C1(c2ccc(F)cc2F)CCC1. The van der Waals surface area contributed by atoms with Crippen molar-refractivity contribution in [3.05, 3.63) is 35.4 Å². The minimum Gasteiger partial charge on any atom is -0.393 e. The molecule has 1 amide bonds. The number of carbonyl (C=O) groups excluding carboxylic acids is 1. The summed E-state index contributed by atoms with van der Waals surface area (Å²) in [6.45, 7) is 0.421. The van der Waals surface area contributed by atoms with E-state index >= 15 is 0 Å². The van der Waals surface area contributed by atoms with Gasteiger partial charge >= 0.3 is 0 Å².